The fourth-order valence-corrected chi connectivity index (χ4v) is 2.55. The van der Waals surface area contributed by atoms with Gasteiger partial charge in [-0.15, -0.1) is 0 Å². The monoisotopic (exact) mass is 262 g/mol. The van der Waals surface area contributed by atoms with Crippen LogP contribution in [-0.4, -0.2) is 41.5 Å². The quantitative estimate of drug-likeness (QED) is 0.662. The highest BCUT2D eigenvalue weighted by Gasteiger charge is 2.55. The maximum atomic E-state index is 12.5. The van der Waals surface area contributed by atoms with Crippen LogP contribution in [0.2, 0.25) is 0 Å². The Morgan fingerprint density at radius 1 is 1.39 bits per heavy atom. The molecule has 0 aromatic carbocycles. The van der Waals surface area contributed by atoms with Gasteiger partial charge in [-0.25, -0.2) is 0 Å². The van der Waals surface area contributed by atoms with E-state index < -0.39 is 23.5 Å². The van der Waals surface area contributed by atoms with Crippen molar-refractivity contribution in [1.29, 1.82) is 0 Å². The molecule has 0 saturated carbocycles. The first-order chi connectivity index (χ1) is 8.38. The van der Waals surface area contributed by atoms with Crippen LogP contribution in [0.15, 0.2) is 12.2 Å². The first kappa shape index (κ1) is 12.9. The molecule has 2 rings (SSSR count). The number of rotatable bonds is 0. The summed E-state index contributed by atoms with van der Waals surface area (Å²) in [6.07, 6.45) is -0.788. The molecule has 2 heterocycles. The van der Waals surface area contributed by atoms with Crippen LogP contribution in [0.1, 0.15) is 19.3 Å². The molecule has 2 aliphatic heterocycles. The van der Waals surface area contributed by atoms with Gasteiger partial charge in [-0.05, 0) is 19.3 Å². The molecule has 4 nitrogen and oxygen atoms in total. The van der Waals surface area contributed by atoms with Gasteiger partial charge >= 0.3 is 12.1 Å². The number of likely N-dealkylation sites (tertiary alicyclic amines) is 1. The Morgan fingerprint density at radius 2 is 2.11 bits per heavy atom. The minimum absolute atomic E-state index is 0.0282. The molecule has 2 amide bonds. The third-order valence-electron chi connectivity index (χ3n) is 3.40. The van der Waals surface area contributed by atoms with Crippen LogP contribution >= 0.6 is 0 Å². The average Bonchev–Trinajstić information content (AvgIpc) is 2.61. The summed E-state index contributed by atoms with van der Waals surface area (Å²) < 4.78 is 37.6. The number of carbonyl (C=O) groups excluding carboxylic acids is 2. The maximum Gasteiger partial charge on any atom is 0.471 e. The Kier molecular flexibility index (Phi) is 3.08. The van der Waals surface area contributed by atoms with Crippen molar-refractivity contribution in [3.63, 3.8) is 0 Å². The highest BCUT2D eigenvalue weighted by molar-refractivity contribution is 5.94. The predicted molar refractivity (Wildman–Crippen MR) is 56.5 cm³/mol. The molecule has 1 atom stereocenters. The van der Waals surface area contributed by atoms with Gasteiger partial charge < -0.3 is 10.2 Å². The minimum atomic E-state index is -4.94. The van der Waals surface area contributed by atoms with E-state index in [1.807, 2.05) is 0 Å². The first-order valence-electron chi connectivity index (χ1n) is 5.70. The lowest BCUT2D eigenvalue weighted by atomic mass is 9.91. The fourth-order valence-electron chi connectivity index (χ4n) is 2.55. The maximum absolute atomic E-state index is 12.5. The number of halogens is 3. The highest BCUT2D eigenvalue weighted by atomic mass is 19.4. The van der Waals surface area contributed by atoms with Crippen LogP contribution in [-0.2, 0) is 9.59 Å². The SMILES string of the molecule is O=C(N1CCCC12CC=CCNC2=O)C(F)(F)F. The summed E-state index contributed by atoms with van der Waals surface area (Å²) in [5.41, 5.74) is -1.36. The molecule has 7 heteroatoms. The summed E-state index contributed by atoms with van der Waals surface area (Å²) >= 11 is 0. The molecule has 1 fully saturated rings. The van der Waals surface area contributed by atoms with E-state index in [2.05, 4.69) is 5.32 Å². The first-order valence-corrected chi connectivity index (χ1v) is 5.70. The van der Waals surface area contributed by atoms with Gasteiger partial charge in [-0.1, -0.05) is 12.2 Å². The van der Waals surface area contributed by atoms with E-state index in [1.54, 1.807) is 12.2 Å². The molecule has 100 valence electrons. The van der Waals surface area contributed by atoms with Crippen LogP contribution < -0.4 is 5.32 Å². The summed E-state index contributed by atoms with van der Waals surface area (Å²) in [6, 6.07) is 0. The number of carbonyl (C=O) groups is 2. The Labute approximate surface area is 102 Å². The summed E-state index contributed by atoms with van der Waals surface area (Å²) in [6.45, 7) is 0.258. The summed E-state index contributed by atoms with van der Waals surface area (Å²) in [5, 5.41) is 2.53. The molecule has 1 N–H and O–H groups in total. The smallest absolute Gasteiger partial charge is 0.351 e. The number of hydrogen-bond donors (Lipinski definition) is 1. The van der Waals surface area contributed by atoms with E-state index in [1.165, 1.54) is 0 Å². The van der Waals surface area contributed by atoms with E-state index in [4.69, 9.17) is 0 Å². The molecule has 0 bridgehead atoms. The van der Waals surface area contributed by atoms with Crippen molar-refractivity contribution >= 4 is 11.8 Å². The molecule has 0 aliphatic carbocycles. The standard InChI is InChI=1S/C11H13F3N2O2/c12-11(13,14)9(18)16-7-3-5-10(16)4-1-2-6-15-8(10)17/h1-2H,3-7H2,(H,15,17). The second kappa shape index (κ2) is 4.29. The summed E-state index contributed by atoms with van der Waals surface area (Å²) in [5.74, 6) is -2.42. The van der Waals surface area contributed by atoms with Crippen LogP contribution in [0, 0.1) is 0 Å². The Bertz CT molecular complexity index is 406. The van der Waals surface area contributed by atoms with Gasteiger partial charge in [0.05, 0.1) is 0 Å². The Morgan fingerprint density at radius 3 is 2.78 bits per heavy atom. The average molecular weight is 262 g/mol. The second-order valence-corrected chi connectivity index (χ2v) is 4.48. The number of alkyl halides is 3. The highest BCUT2D eigenvalue weighted by Crippen LogP contribution is 2.37. The largest absolute Gasteiger partial charge is 0.471 e. The third-order valence-corrected chi connectivity index (χ3v) is 3.40. The fraction of sp³-hybridized carbons (Fsp3) is 0.636. The third kappa shape index (κ3) is 1.97. The topological polar surface area (TPSA) is 49.4 Å². The van der Waals surface area contributed by atoms with Crippen LogP contribution in [0.4, 0.5) is 13.2 Å². The van der Waals surface area contributed by atoms with E-state index in [9.17, 15) is 22.8 Å². The van der Waals surface area contributed by atoms with Gasteiger partial charge in [-0.2, -0.15) is 13.2 Å². The van der Waals surface area contributed by atoms with E-state index in [0.29, 0.717) is 11.3 Å². The van der Waals surface area contributed by atoms with Crippen molar-refractivity contribution < 1.29 is 22.8 Å². The van der Waals surface area contributed by atoms with Crippen molar-refractivity contribution in [2.75, 3.05) is 13.1 Å². The van der Waals surface area contributed by atoms with Gasteiger partial charge in [-0.3, -0.25) is 9.59 Å². The normalized spacial score (nSPS) is 28.4. The summed E-state index contributed by atoms with van der Waals surface area (Å²) in [7, 11) is 0. The Balaban J connectivity index is 2.33. The zero-order valence-electron chi connectivity index (χ0n) is 9.59. The van der Waals surface area contributed by atoms with Gasteiger partial charge in [0.2, 0.25) is 5.91 Å². The van der Waals surface area contributed by atoms with Crippen molar-refractivity contribution in [2.45, 2.75) is 31.0 Å². The lowest BCUT2D eigenvalue weighted by Crippen LogP contribution is -2.59. The van der Waals surface area contributed by atoms with Crippen LogP contribution in [0.3, 0.4) is 0 Å². The van der Waals surface area contributed by atoms with Crippen molar-refractivity contribution in [2.24, 2.45) is 0 Å². The van der Waals surface area contributed by atoms with Crippen LogP contribution in [0.25, 0.3) is 0 Å². The molecule has 0 aromatic rings. The zero-order valence-corrected chi connectivity index (χ0v) is 9.59. The molecular weight excluding hydrogens is 249 g/mol. The number of amides is 2. The van der Waals surface area contributed by atoms with Gasteiger partial charge in [0.25, 0.3) is 0 Å². The molecule has 0 radical (unpaired) electrons. The molecule has 18 heavy (non-hydrogen) atoms. The predicted octanol–water partition coefficient (Wildman–Crippen LogP) is 0.986. The van der Waals surface area contributed by atoms with Crippen molar-refractivity contribution in [3.8, 4) is 0 Å². The van der Waals surface area contributed by atoms with E-state index >= 15 is 0 Å². The molecule has 1 spiro atoms. The Hall–Kier alpha value is -1.53. The van der Waals surface area contributed by atoms with E-state index in [-0.39, 0.29) is 25.9 Å². The van der Waals surface area contributed by atoms with Gasteiger partial charge in [0.15, 0.2) is 0 Å². The lowest BCUT2D eigenvalue weighted by molar-refractivity contribution is -0.190. The number of nitrogens with zero attached hydrogens (tertiary/aromatic N) is 1. The molecule has 1 saturated heterocycles. The van der Waals surface area contributed by atoms with Crippen molar-refractivity contribution in [1.82, 2.24) is 10.2 Å². The minimum Gasteiger partial charge on any atom is -0.351 e. The van der Waals surface area contributed by atoms with Gasteiger partial charge in [0, 0.05) is 13.1 Å². The van der Waals surface area contributed by atoms with Crippen LogP contribution in [0.5, 0.6) is 0 Å². The molecule has 0 aromatic heterocycles. The van der Waals surface area contributed by atoms with Crippen molar-refractivity contribution in [3.05, 3.63) is 12.2 Å². The van der Waals surface area contributed by atoms with E-state index in [0.717, 1.165) is 0 Å². The molecule has 1 unspecified atom stereocenters. The van der Waals surface area contributed by atoms with Gasteiger partial charge in [0.1, 0.15) is 5.54 Å². The number of nitrogens with one attached hydrogen (secondary N) is 1. The molecular formula is C11H13F3N2O2. The lowest BCUT2D eigenvalue weighted by Gasteiger charge is -2.36. The summed E-state index contributed by atoms with van der Waals surface area (Å²) in [4.78, 5) is 24.0. The number of hydrogen-bond acceptors (Lipinski definition) is 2. The second-order valence-electron chi connectivity index (χ2n) is 4.48. The zero-order chi connectivity index (χ0) is 13.4. The molecule has 2 aliphatic rings.